The lowest BCUT2D eigenvalue weighted by molar-refractivity contribution is 0.0929. The van der Waals surface area contributed by atoms with Crippen LogP contribution in [0.4, 0.5) is 0 Å². The first-order valence-corrected chi connectivity index (χ1v) is 15.5. The second-order valence-corrected chi connectivity index (χ2v) is 12.3. The normalized spacial score (nSPS) is 23.1. The van der Waals surface area contributed by atoms with Crippen LogP contribution in [0.25, 0.3) is 0 Å². The Labute approximate surface area is 249 Å². The second kappa shape index (κ2) is 13.1. The van der Waals surface area contributed by atoms with Crippen LogP contribution >= 0.6 is 23.8 Å². The number of piperidine rings is 1. The Morgan fingerprint density at radius 3 is 2.62 bits per heavy atom. The van der Waals surface area contributed by atoms with Gasteiger partial charge in [0, 0.05) is 51.4 Å². The van der Waals surface area contributed by atoms with Gasteiger partial charge in [0.1, 0.15) is 5.15 Å². The van der Waals surface area contributed by atoms with E-state index in [2.05, 4.69) is 62.3 Å². The molecular formula is C31H42ClN5O2S. The number of aromatic nitrogens is 1. The molecule has 3 atom stereocenters. The van der Waals surface area contributed by atoms with Gasteiger partial charge < -0.3 is 24.8 Å². The van der Waals surface area contributed by atoms with Gasteiger partial charge in [0.05, 0.1) is 23.4 Å². The summed E-state index contributed by atoms with van der Waals surface area (Å²) < 4.78 is 5.95. The van der Waals surface area contributed by atoms with Crippen LogP contribution in [0.3, 0.4) is 0 Å². The molecule has 1 aromatic heterocycles. The van der Waals surface area contributed by atoms with Gasteiger partial charge >= 0.3 is 0 Å². The molecule has 0 aliphatic carbocycles. The lowest BCUT2D eigenvalue weighted by Crippen LogP contribution is -2.49. The molecule has 0 radical (unpaired) electrons. The smallest absolute Gasteiger partial charge is 0.253 e. The van der Waals surface area contributed by atoms with Crippen LogP contribution in [0.5, 0.6) is 0 Å². The van der Waals surface area contributed by atoms with Gasteiger partial charge in [0.25, 0.3) is 5.91 Å². The van der Waals surface area contributed by atoms with E-state index in [1.54, 1.807) is 6.07 Å². The lowest BCUT2D eigenvalue weighted by Gasteiger charge is -2.42. The number of hydrogen-bond donors (Lipinski definition) is 1. The Morgan fingerprint density at radius 2 is 1.95 bits per heavy atom. The minimum absolute atomic E-state index is 0.0767. The quantitative estimate of drug-likeness (QED) is 0.324. The van der Waals surface area contributed by atoms with Gasteiger partial charge in [0.15, 0.2) is 5.11 Å². The van der Waals surface area contributed by atoms with E-state index in [0.717, 1.165) is 75.6 Å². The summed E-state index contributed by atoms with van der Waals surface area (Å²) in [6.45, 7) is 11.4. The van der Waals surface area contributed by atoms with Crippen LogP contribution in [-0.2, 0) is 4.74 Å². The third-order valence-electron chi connectivity index (χ3n) is 8.81. The number of thiocarbonyl (C=S) groups is 1. The molecule has 216 valence electrons. The largest absolute Gasteiger partial charge is 0.376 e. The topological polar surface area (TPSA) is 60.9 Å². The van der Waals surface area contributed by atoms with Gasteiger partial charge in [-0.05, 0) is 82.3 Å². The number of hydrogen-bond acceptors (Lipinski definition) is 5. The van der Waals surface area contributed by atoms with Crippen LogP contribution in [-0.4, -0.2) is 88.2 Å². The zero-order valence-corrected chi connectivity index (χ0v) is 25.5. The SMILES string of the molecule is Cc1cc(Cl)nc(C)c1C(=O)NCCC(C)N1CCC(N2C(=S)N(C[C@H]3CCCO3)CC2c2ccccc2)CC1. The van der Waals surface area contributed by atoms with E-state index in [9.17, 15) is 4.79 Å². The maximum absolute atomic E-state index is 12.8. The van der Waals surface area contributed by atoms with Crippen LogP contribution in [0.15, 0.2) is 36.4 Å². The molecule has 0 spiro atoms. The highest BCUT2D eigenvalue weighted by Gasteiger charge is 2.41. The first-order chi connectivity index (χ1) is 19.3. The molecule has 0 bridgehead atoms. The summed E-state index contributed by atoms with van der Waals surface area (Å²) in [6.07, 6.45) is 5.64. The highest BCUT2D eigenvalue weighted by Crippen LogP contribution is 2.36. The van der Waals surface area contributed by atoms with Gasteiger partial charge in [-0.2, -0.15) is 0 Å². The molecular weight excluding hydrogens is 542 g/mol. The Bertz CT molecular complexity index is 1160. The minimum atomic E-state index is -0.0767. The number of aryl methyl sites for hydroxylation is 2. The second-order valence-electron chi connectivity index (χ2n) is 11.5. The fourth-order valence-electron chi connectivity index (χ4n) is 6.61. The molecule has 0 saturated carbocycles. The lowest BCUT2D eigenvalue weighted by atomic mass is 9.98. The van der Waals surface area contributed by atoms with Crippen molar-refractivity contribution in [2.45, 2.75) is 77.1 Å². The summed E-state index contributed by atoms with van der Waals surface area (Å²) in [5.74, 6) is -0.0767. The van der Waals surface area contributed by atoms with E-state index in [0.29, 0.717) is 41.1 Å². The van der Waals surface area contributed by atoms with Crippen LogP contribution in [0, 0.1) is 13.8 Å². The van der Waals surface area contributed by atoms with Gasteiger partial charge in [-0.3, -0.25) is 4.79 Å². The molecule has 2 aromatic rings. The van der Waals surface area contributed by atoms with Crippen LogP contribution in [0.1, 0.15) is 72.2 Å². The van der Waals surface area contributed by atoms with Crippen molar-refractivity contribution >= 4 is 34.8 Å². The maximum atomic E-state index is 12.8. The Morgan fingerprint density at radius 1 is 1.20 bits per heavy atom. The first-order valence-electron chi connectivity index (χ1n) is 14.7. The molecule has 5 rings (SSSR count). The van der Waals surface area contributed by atoms with Crippen molar-refractivity contribution in [1.29, 1.82) is 0 Å². The molecule has 7 nitrogen and oxygen atoms in total. The highest BCUT2D eigenvalue weighted by atomic mass is 35.5. The summed E-state index contributed by atoms with van der Waals surface area (Å²) in [7, 11) is 0. The van der Waals surface area contributed by atoms with Gasteiger partial charge in [-0.1, -0.05) is 41.9 Å². The zero-order valence-electron chi connectivity index (χ0n) is 23.9. The Hall–Kier alpha value is -2.26. The number of nitrogens with zero attached hydrogens (tertiary/aromatic N) is 4. The number of likely N-dealkylation sites (tertiary alicyclic amines) is 1. The average molecular weight is 584 g/mol. The molecule has 4 heterocycles. The summed E-state index contributed by atoms with van der Waals surface area (Å²) in [4.78, 5) is 24.6. The van der Waals surface area contributed by atoms with Crippen molar-refractivity contribution in [2.75, 3.05) is 39.3 Å². The number of benzene rings is 1. The van der Waals surface area contributed by atoms with Gasteiger partial charge in [0.2, 0.25) is 0 Å². The number of pyridine rings is 1. The van der Waals surface area contributed by atoms with Crippen molar-refractivity contribution in [3.8, 4) is 0 Å². The van der Waals surface area contributed by atoms with Crippen molar-refractivity contribution in [3.63, 3.8) is 0 Å². The molecule has 3 saturated heterocycles. The van der Waals surface area contributed by atoms with E-state index in [1.165, 1.54) is 5.56 Å². The van der Waals surface area contributed by atoms with Crippen molar-refractivity contribution in [2.24, 2.45) is 0 Å². The number of halogens is 1. The molecule has 3 aliphatic heterocycles. The van der Waals surface area contributed by atoms with Crippen molar-refractivity contribution in [1.82, 2.24) is 25.0 Å². The standard InChI is InChI=1S/C31H42ClN5O2S/c1-21-18-28(32)34-23(3)29(21)30(38)33-14-11-22(2)35-15-12-25(13-16-35)37-27(24-8-5-4-6-9-24)20-36(31(37)40)19-26-10-7-17-39-26/h4-6,8-9,18,22,25-27H,7,10-17,19-20H2,1-3H3,(H,33,38)/t22?,26-,27?/m1/s1. The number of carbonyl (C=O) groups is 1. The summed E-state index contributed by atoms with van der Waals surface area (Å²) in [5, 5.41) is 4.51. The van der Waals surface area contributed by atoms with Gasteiger partial charge in [-0.15, -0.1) is 0 Å². The first kappa shape index (κ1) is 29.2. The Balaban J connectivity index is 1.15. The molecule has 9 heteroatoms. The molecule has 1 N–H and O–H groups in total. The maximum Gasteiger partial charge on any atom is 0.253 e. The molecule has 3 aliphatic rings. The number of rotatable bonds is 9. The Kier molecular flexibility index (Phi) is 9.61. The van der Waals surface area contributed by atoms with Gasteiger partial charge in [-0.25, -0.2) is 4.98 Å². The highest BCUT2D eigenvalue weighted by molar-refractivity contribution is 7.80. The van der Waals surface area contributed by atoms with E-state index >= 15 is 0 Å². The fourth-order valence-corrected chi connectivity index (χ4v) is 7.32. The average Bonchev–Trinajstić information content (AvgIpc) is 3.56. The van der Waals surface area contributed by atoms with E-state index in [4.69, 9.17) is 28.6 Å². The minimum Gasteiger partial charge on any atom is -0.376 e. The third-order valence-corrected chi connectivity index (χ3v) is 9.47. The fraction of sp³-hybridized carbons (Fsp3) is 0.581. The number of nitrogens with one attached hydrogen (secondary N) is 1. The van der Waals surface area contributed by atoms with Crippen LogP contribution < -0.4 is 5.32 Å². The molecule has 40 heavy (non-hydrogen) atoms. The monoisotopic (exact) mass is 583 g/mol. The predicted octanol–water partition coefficient (Wildman–Crippen LogP) is 5.15. The van der Waals surface area contributed by atoms with E-state index < -0.39 is 0 Å². The zero-order chi connectivity index (χ0) is 28.2. The van der Waals surface area contributed by atoms with Crippen LogP contribution in [0.2, 0.25) is 5.15 Å². The number of amides is 1. The number of carbonyl (C=O) groups excluding carboxylic acids is 1. The summed E-state index contributed by atoms with van der Waals surface area (Å²) in [5.41, 5.74) is 3.49. The summed E-state index contributed by atoms with van der Waals surface area (Å²) >= 11 is 12.1. The third kappa shape index (κ3) is 6.62. The predicted molar refractivity (Wildman–Crippen MR) is 164 cm³/mol. The molecule has 1 aromatic carbocycles. The van der Waals surface area contributed by atoms with E-state index in [1.807, 2.05) is 13.8 Å². The summed E-state index contributed by atoms with van der Waals surface area (Å²) in [6, 6.07) is 13.7. The molecule has 2 unspecified atom stereocenters. The number of ether oxygens (including phenoxy) is 1. The van der Waals surface area contributed by atoms with Crippen molar-refractivity contribution < 1.29 is 9.53 Å². The molecule has 3 fully saturated rings. The van der Waals surface area contributed by atoms with E-state index in [-0.39, 0.29) is 11.9 Å². The molecule has 1 amide bonds. The van der Waals surface area contributed by atoms with Crippen molar-refractivity contribution in [3.05, 3.63) is 63.9 Å².